The molecule has 2 aromatic rings. The van der Waals surface area contributed by atoms with E-state index >= 15 is 0 Å². The smallest absolute Gasteiger partial charge is 0.354 e. The molecule has 0 radical (unpaired) electrons. The molecule has 2 atom stereocenters. The van der Waals surface area contributed by atoms with Crippen LogP contribution in [0.15, 0.2) is 14.8 Å². The first-order valence-corrected chi connectivity index (χ1v) is 12.2. The molecule has 2 unspecified atom stereocenters. The maximum absolute atomic E-state index is 12.9. The summed E-state index contributed by atoms with van der Waals surface area (Å²) in [5.41, 5.74) is 2.12. The highest BCUT2D eigenvalue weighted by Crippen LogP contribution is 2.41. The van der Waals surface area contributed by atoms with E-state index in [2.05, 4.69) is 19.6 Å². The fourth-order valence-electron chi connectivity index (χ4n) is 3.98. The van der Waals surface area contributed by atoms with Crippen LogP contribution in [0.3, 0.4) is 0 Å². The van der Waals surface area contributed by atoms with Gasteiger partial charge >= 0.3 is 12.0 Å². The maximum Gasteiger partial charge on any atom is 0.354 e. The number of thiazole rings is 1. The van der Waals surface area contributed by atoms with E-state index in [9.17, 15) is 24.0 Å². The molecule has 2 aromatic heterocycles. The summed E-state index contributed by atoms with van der Waals surface area (Å²) < 4.78 is 16.6. The zero-order chi connectivity index (χ0) is 22.6. The summed E-state index contributed by atoms with van der Waals surface area (Å²) in [6.45, 7) is 3.07. The molecule has 2 aliphatic rings. The van der Waals surface area contributed by atoms with Gasteiger partial charge in [0.2, 0.25) is 0 Å². The first kappa shape index (κ1) is 21.8. The number of fused-ring (bicyclic) bond motifs is 2. The van der Waals surface area contributed by atoms with Crippen molar-refractivity contribution in [2.45, 2.75) is 61.7 Å². The molecule has 0 fully saturated rings. The summed E-state index contributed by atoms with van der Waals surface area (Å²) in [5, 5.41) is 28.4. The second-order valence-electron chi connectivity index (χ2n) is 8.19. The van der Waals surface area contributed by atoms with Gasteiger partial charge in [0.1, 0.15) is 14.8 Å². The Morgan fingerprint density at radius 3 is 2.71 bits per heavy atom. The predicted octanol–water partition coefficient (Wildman–Crippen LogP) is 2.30. The molecule has 0 aliphatic heterocycles. The standard InChI is InChI=1S/C19H23N5O5S2/c1-19(2,28)17-21-8-13(30-17)31(20,29)24-18(27)23-14-9-4-3-5-12(9)22-15-10(14)6-7-11(15)16(25)26/h8,11,28H,3-7H2,1-2H3,(H,25,26)(H3,20,22,23,24,27,29). The number of aryl methyl sites for hydroxylation is 1. The molecule has 10 nitrogen and oxygen atoms in total. The number of nitrogens with one attached hydrogen (secondary N) is 1. The van der Waals surface area contributed by atoms with Crippen molar-refractivity contribution in [3.8, 4) is 0 Å². The van der Waals surface area contributed by atoms with Gasteiger partial charge in [0.15, 0.2) is 9.92 Å². The van der Waals surface area contributed by atoms with Gasteiger partial charge in [-0.2, -0.15) is 0 Å². The quantitative estimate of drug-likeness (QED) is 0.537. The summed E-state index contributed by atoms with van der Waals surface area (Å²) in [5.74, 6) is -1.64. The largest absolute Gasteiger partial charge is 0.481 e. The summed E-state index contributed by atoms with van der Waals surface area (Å²) in [6, 6.07) is -0.882. The molecule has 166 valence electrons. The summed E-state index contributed by atoms with van der Waals surface area (Å²) in [7, 11) is -3.57. The van der Waals surface area contributed by atoms with Gasteiger partial charge < -0.3 is 15.5 Å². The third-order valence-corrected chi connectivity index (χ3v) is 8.60. The SMILES string of the molecule is CC(C)(O)c1ncc(S(N)(=O)=NC(=O)Nc2c3c(nc4c2CCC4C(=O)O)CCC3)s1. The third kappa shape index (κ3) is 4.07. The summed E-state index contributed by atoms with van der Waals surface area (Å²) in [4.78, 5) is 32.9. The molecular formula is C19H23N5O5S2. The molecular weight excluding hydrogens is 442 g/mol. The molecule has 31 heavy (non-hydrogen) atoms. The first-order chi connectivity index (χ1) is 14.5. The molecule has 0 saturated heterocycles. The van der Waals surface area contributed by atoms with Gasteiger partial charge in [0, 0.05) is 5.69 Å². The molecule has 2 amide bonds. The third-order valence-electron chi connectivity index (χ3n) is 5.41. The zero-order valence-electron chi connectivity index (χ0n) is 17.0. The van der Waals surface area contributed by atoms with Gasteiger partial charge in [0.05, 0.1) is 23.5 Å². The van der Waals surface area contributed by atoms with Crippen molar-refractivity contribution in [2.24, 2.45) is 9.50 Å². The second-order valence-corrected chi connectivity index (χ2v) is 11.2. The van der Waals surface area contributed by atoms with Gasteiger partial charge in [-0.25, -0.2) is 19.1 Å². The number of anilines is 1. The molecule has 0 spiro atoms. The fourth-order valence-corrected chi connectivity index (χ4v) is 6.04. The van der Waals surface area contributed by atoms with Crippen LogP contribution < -0.4 is 10.5 Å². The Morgan fingerprint density at radius 2 is 2.06 bits per heavy atom. The van der Waals surface area contributed by atoms with Crippen LogP contribution in [0.2, 0.25) is 0 Å². The number of carboxylic acids is 1. The van der Waals surface area contributed by atoms with Crippen molar-refractivity contribution in [3.05, 3.63) is 33.7 Å². The molecule has 0 aromatic carbocycles. The lowest BCUT2D eigenvalue weighted by Crippen LogP contribution is -2.19. The van der Waals surface area contributed by atoms with E-state index in [1.165, 1.54) is 20.0 Å². The topological polar surface area (TPSA) is 168 Å². The van der Waals surface area contributed by atoms with Crippen LogP contribution in [-0.4, -0.2) is 36.4 Å². The average molecular weight is 466 g/mol. The van der Waals surface area contributed by atoms with E-state index in [-0.39, 0.29) is 4.21 Å². The van der Waals surface area contributed by atoms with Crippen molar-refractivity contribution in [3.63, 3.8) is 0 Å². The number of nitrogens with two attached hydrogens (primary N) is 1. The Kier molecular flexibility index (Phi) is 5.36. The Labute approximate surface area is 183 Å². The number of hydrogen-bond donors (Lipinski definition) is 4. The van der Waals surface area contributed by atoms with Gasteiger partial charge in [0.25, 0.3) is 0 Å². The Hall–Kier alpha value is -2.41. The van der Waals surface area contributed by atoms with Crippen LogP contribution in [0.25, 0.3) is 0 Å². The Morgan fingerprint density at radius 1 is 1.32 bits per heavy atom. The minimum absolute atomic E-state index is 0.0795. The number of nitrogens with zero attached hydrogens (tertiary/aromatic N) is 3. The van der Waals surface area contributed by atoms with Crippen LogP contribution in [0.4, 0.5) is 10.5 Å². The van der Waals surface area contributed by atoms with Crippen LogP contribution in [0, 0.1) is 0 Å². The van der Waals surface area contributed by atoms with Crippen molar-refractivity contribution in [1.29, 1.82) is 0 Å². The number of carbonyl (C=O) groups excluding carboxylic acids is 1. The summed E-state index contributed by atoms with van der Waals surface area (Å²) >= 11 is 0.928. The highest BCUT2D eigenvalue weighted by atomic mass is 32.2. The molecule has 0 bridgehead atoms. The van der Waals surface area contributed by atoms with E-state index in [1.54, 1.807) is 0 Å². The van der Waals surface area contributed by atoms with E-state index in [0.717, 1.165) is 29.0 Å². The number of hydrogen-bond acceptors (Lipinski definition) is 7. The molecule has 2 aliphatic carbocycles. The van der Waals surface area contributed by atoms with E-state index in [4.69, 9.17) is 5.14 Å². The van der Waals surface area contributed by atoms with E-state index < -0.39 is 33.4 Å². The molecule has 0 saturated carbocycles. The number of aliphatic hydroxyl groups is 1. The highest BCUT2D eigenvalue weighted by molar-refractivity contribution is 7.93. The number of carbonyl (C=O) groups is 2. The average Bonchev–Trinajstić information content (AvgIpc) is 3.39. The molecule has 4 rings (SSSR count). The second kappa shape index (κ2) is 7.62. The minimum atomic E-state index is -3.57. The van der Waals surface area contributed by atoms with Crippen LogP contribution >= 0.6 is 11.3 Å². The van der Waals surface area contributed by atoms with Gasteiger partial charge in [-0.3, -0.25) is 9.78 Å². The number of pyridine rings is 1. The monoisotopic (exact) mass is 465 g/mol. The number of amides is 2. The lowest BCUT2D eigenvalue weighted by atomic mass is 10.0. The van der Waals surface area contributed by atoms with Gasteiger partial charge in [-0.05, 0) is 57.1 Å². The zero-order valence-corrected chi connectivity index (χ0v) is 18.7. The lowest BCUT2D eigenvalue weighted by Gasteiger charge is -2.15. The first-order valence-electron chi connectivity index (χ1n) is 9.79. The van der Waals surface area contributed by atoms with Gasteiger partial charge in [-0.1, -0.05) is 0 Å². The number of rotatable bonds is 4. The van der Waals surface area contributed by atoms with Crippen LogP contribution in [-0.2, 0) is 39.6 Å². The van der Waals surface area contributed by atoms with E-state index in [0.29, 0.717) is 47.6 Å². The van der Waals surface area contributed by atoms with Gasteiger partial charge in [-0.15, -0.1) is 15.7 Å². The maximum atomic E-state index is 12.9. The minimum Gasteiger partial charge on any atom is -0.481 e. The predicted molar refractivity (Wildman–Crippen MR) is 114 cm³/mol. The van der Waals surface area contributed by atoms with Crippen LogP contribution in [0.5, 0.6) is 0 Å². The fraction of sp³-hybridized carbons (Fsp3) is 0.474. The van der Waals surface area contributed by atoms with Crippen molar-refractivity contribution in [2.75, 3.05) is 5.32 Å². The molecule has 2 heterocycles. The Balaban J connectivity index is 1.68. The lowest BCUT2D eigenvalue weighted by molar-refractivity contribution is -0.138. The highest BCUT2D eigenvalue weighted by Gasteiger charge is 2.35. The summed E-state index contributed by atoms with van der Waals surface area (Å²) in [6.07, 6.45) is 4.42. The number of aliphatic carboxylic acids is 1. The van der Waals surface area contributed by atoms with Crippen molar-refractivity contribution in [1.82, 2.24) is 9.97 Å². The number of urea groups is 1. The van der Waals surface area contributed by atoms with Crippen molar-refractivity contribution >= 4 is 38.9 Å². The van der Waals surface area contributed by atoms with Crippen LogP contribution in [0.1, 0.15) is 60.1 Å². The number of aromatic nitrogens is 2. The number of carboxylic acid groups (broad SMARTS) is 1. The molecule has 5 N–H and O–H groups in total. The normalized spacial score (nSPS) is 19.4. The Bertz CT molecular complexity index is 1210. The van der Waals surface area contributed by atoms with Crippen molar-refractivity contribution < 1.29 is 24.0 Å². The molecule has 12 heteroatoms. The van der Waals surface area contributed by atoms with E-state index in [1.807, 2.05) is 0 Å².